The summed E-state index contributed by atoms with van der Waals surface area (Å²) in [4.78, 5) is 6.98. The van der Waals surface area contributed by atoms with Crippen LogP contribution in [0.3, 0.4) is 0 Å². The molecule has 0 aromatic heterocycles. The van der Waals surface area contributed by atoms with Gasteiger partial charge in [0.25, 0.3) is 0 Å². The van der Waals surface area contributed by atoms with E-state index >= 15 is 0 Å². The third kappa shape index (κ3) is 6.31. The van der Waals surface area contributed by atoms with Crippen LogP contribution >= 0.6 is 0 Å². The average molecular weight is 395 g/mol. The van der Waals surface area contributed by atoms with Crippen LogP contribution in [0.2, 0.25) is 0 Å². The van der Waals surface area contributed by atoms with Crippen LogP contribution in [0.25, 0.3) is 0 Å². The number of guanidine groups is 1. The van der Waals surface area contributed by atoms with Gasteiger partial charge in [-0.15, -0.1) is 0 Å². The molecule has 2 N–H and O–H groups in total. The van der Waals surface area contributed by atoms with E-state index in [1.165, 1.54) is 16.7 Å². The molecular weight excluding hydrogens is 360 g/mol. The third-order valence-electron chi connectivity index (χ3n) is 5.52. The highest BCUT2D eigenvalue weighted by atomic mass is 16.5. The Balaban J connectivity index is 1.52. The van der Waals surface area contributed by atoms with E-state index in [2.05, 4.69) is 82.0 Å². The van der Waals surface area contributed by atoms with Gasteiger partial charge in [0.15, 0.2) is 5.96 Å². The van der Waals surface area contributed by atoms with E-state index in [9.17, 15) is 0 Å². The second-order valence-electron chi connectivity index (χ2n) is 7.67. The average Bonchev–Trinajstić information content (AvgIpc) is 3.09. The van der Waals surface area contributed by atoms with Crippen molar-refractivity contribution in [2.24, 2.45) is 4.99 Å². The molecule has 0 amide bonds. The number of ether oxygens (including phenoxy) is 1. The van der Waals surface area contributed by atoms with Gasteiger partial charge in [0.1, 0.15) is 0 Å². The number of likely N-dealkylation sites (tertiary alicyclic amines) is 1. The van der Waals surface area contributed by atoms with Crippen molar-refractivity contribution in [2.75, 3.05) is 20.2 Å². The van der Waals surface area contributed by atoms with Crippen molar-refractivity contribution in [3.63, 3.8) is 0 Å². The Kier molecular flexibility index (Phi) is 8.08. The molecular formula is C24H34N4O. The van der Waals surface area contributed by atoms with E-state index in [1.54, 1.807) is 0 Å². The van der Waals surface area contributed by atoms with Crippen molar-refractivity contribution in [2.45, 2.75) is 52.0 Å². The molecule has 1 fully saturated rings. The molecule has 1 aliphatic heterocycles. The number of aliphatic imine (C=N–C) groups is 1. The minimum Gasteiger partial charge on any atom is -0.377 e. The van der Waals surface area contributed by atoms with Crippen LogP contribution in [0, 0.1) is 0 Å². The van der Waals surface area contributed by atoms with Gasteiger partial charge in [0.05, 0.1) is 6.61 Å². The summed E-state index contributed by atoms with van der Waals surface area (Å²) >= 11 is 0. The van der Waals surface area contributed by atoms with Crippen molar-refractivity contribution in [3.05, 3.63) is 71.3 Å². The maximum atomic E-state index is 5.59. The minimum atomic E-state index is 0.401. The molecule has 0 saturated carbocycles. The van der Waals surface area contributed by atoms with Crippen LogP contribution in [0.4, 0.5) is 0 Å². The highest BCUT2D eigenvalue weighted by Crippen LogP contribution is 2.20. The summed E-state index contributed by atoms with van der Waals surface area (Å²) in [5, 5.41) is 7.08. The zero-order valence-corrected chi connectivity index (χ0v) is 17.9. The summed E-state index contributed by atoms with van der Waals surface area (Å²) in [5.74, 6) is 0.856. The molecule has 2 aromatic rings. The molecule has 0 spiro atoms. The fourth-order valence-corrected chi connectivity index (χ4v) is 3.89. The highest BCUT2D eigenvalue weighted by Gasteiger charge is 2.29. The van der Waals surface area contributed by atoms with E-state index in [-0.39, 0.29) is 0 Å². The molecule has 0 radical (unpaired) electrons. The molecule has 156 valence electrons. The Morgan fingerprint density at radius 2 is 1.83 bits per heavy atom. The molecule has 5 nitrogen and oxygen atoms in total. The molecule has 0 bridgehead atoms. The summed E-state index contributed by atoms with van der Waals surface area (Å²) in [6, 6.07) is 20.1. The van der Waals surface area contributed by atoms with Crippen LogP contribution in [-0.4, -0.2) is 43.1 Å². The largest absolute Gasteiger partial charge is 0.377 e. The molecule has 5 heteroatoms. The number of hydrogen-bond acceptors (Lipinski definition) is 3. The van der Waals surface area contributed by atoms with Crippen LogP contribution in [0.15, 0.2) is 59.6 Å². The molecule has 2 unspecified atom stereocenters. The normalized spacial score (nSPS) is 20.0. The predicted molar refractivity (Wildman–Crippen MR) is 120 cm³/mol. The van der Waals surface area contributed by atoms with Gasteiger partial charge in [-0.1, -0.05) is 54.6 Å². The number of rotatable bonds is 8. The van der Waals surface area contributed by atoms with E-state index in [1.807, 2.05) is 14.0 Å². The van der Waals surface area contributed by atoms with Gasteiger partial charge in [-0.25, -0.2) is 0 Å². The molecule has 0 aliphatic carbocycles. The third-order valence-corrected chi connectivity index (χ3v) is 5.52. The van der Waals surface area contributed by atoms with E-state index in [0.29, 0.717) is 18.7 Å². The smallest absolute Gasteiger partial charge is 0.191 e. The number of nitrogens with one attached hydrogen (secondary N) is 2. The summed E-state index contributed by atoms with van der Waals surface area (Å²) in [7, 11) is 1.83. The van der Waals surface area contributed by atoms with Crippen molar-refractivity contribution >= 4 is 5.96 Å². The van der Waals surface area contributed by atoms with Crippen molar-refractivity contribution in [3.8, 4) is 0 Å². The highest BCUT2D eigenvalue weighted by molar-refractivity contribution is 5.80. The van der Waals surface area contributed by atoms with Crippen LogP contribution in [-0.2, 0) is 24.4 Å². The monoisotopic (exact) mass is 394 g/mol. The first-order valence-electron chi connectivity index (χ1n) is 10.6. The fourth-order valence-electron chi connectivity index (χ4n) is 3.89. The zero-order valence-electron chi connectivity index (χ0n) is 17.9. The Hall–Kier alpha value is -2.37. The lowest BCUT2D eigenvalue weighted by Gasteiger charge is -2.21. The van der Waals surface area contributed by atoms with Crippen LogP contribution < -0.4 is 10.6 Å². The van der Waals surface area contributed by atoms with Gasteiger partial charge in [0.2, 0.25) is 0 Å². The first-order chi connectivity index (χ1) is 14.2. The van der Waals surface area contributed by atoms with E-state index in [0.717, 1.165) is 38.6 Å². The first-order valence-corrected chi connectivity index (χ1v) is 10.6. The Labute approximate surface area is 175 Å². The second kappa shape index (κ2) is 11.0. The molecule has 1 saturated heterocycles. The number of nitrogens with zero attached hydrogens (tertiary/aromatic N) is 2. The molecule has 2 atom stereocenters. The van der Waals surface area contributed by atoms with Crippen LogP contribution in [0.5, 0.6) is 0 Å². The molecule has 3 rings (SSSR count). The maximum absolute atomic E-state index is 5.59. The first kappa shape index (κ1) is 21.3. The summed E-state index contributed by atoms with van der Waals surface area (Å²) < 4.78 is 5.59. The Morgan fingerprint density at radius 3 is 2.55 bits per heavy atom. The summed E-state index contributed by atoms with van der Waals surface area (Å²) in [6.45, 7) is 8.47. The van der Waals surface area contributed by atoms with Gasteiger partial charge in [-0.2, -0.15) is 0 Å². The summed E-state index contributed by atoms with van der Waals surface area (Å²) in [5.41, 5.74) is 3.84. The lowest BCUT2D eigenvalue weighted by Crippen LogP contribution is -2.44. The van der Waals surface area contributed by atoms with Gasteiger partial charge in [-0.3, -0.25) is 9.89 Å². The van der Waals surface area contributed by atoms with Gasteiger partial charge in [0, 0.05) is 45.4 Å². The zero-order chi connectivity index (χ0) is 20.5. The van der Waals surface area contributed by atoms with Crippen molar-refractivity contribution < 1.29 is 4.74 Å². The number of benzene rings is 2. The standard InChI is InChI=1S/C24H34N4O/c1-4-29-18-22-13-9-8-12-21(22)15-26-24(25-3)27-23-14-19(2)28(17-23)16-20-10-6-5-7-11-20/h5-13,19,23H,4,14-18H2,1-3H3,(H2,25,26,27). The summed E-state index contributed by atoms with van der Waals surface area (Å²) in [6.07, 6.45) is 1.12. The van der Waals surface area contributed by atoms with Gasteiger partial charge >= 0.3 is 0 Å². The van der Waals surface area contributed by atoms with E-state index in [4.69, 9.17) is 4.74 Å². The van der Waals surface area contributed by atoms with Gasteiger partial charge in [-0.05, 0) is 37.0 Å². The second-order valence-corrected chi connectivity index (χ2v) is 7.67. The Bertz CT molecular complexity index is 777. The van der Waals surface area contributed by atoms with Crippen molar-refractivity contribution in [1.82, 2.24) is 15.5 Å². The lowest BCUT2D eigenvalue weighted by molar-refractivity contribution is 0.133. The maximum Gasteiger partial charge on any atom is 0.191 e. The van der Waals surface area contributed by atoms with Crippen LogP contribution in [0.1, 0.15) is 37.0 Å². The number of hydrogen-bond donors (Lipinski definition) is 2. The molecule has 2 aromatic carbocycles. The topological polar surface area (TPSA) is 48.9 Å². The van der Waals surface area contributed by atoms with E-state index < -0.39 is 0 Å². The molecule has 1 aliphatic rings. The SMILES string of the molecule is CCOCc1ccccc1CNC(=NC)NC1CC(C)N(Cc2ccccc2)C1. The Morgan fingerprint density at radius 1 is 1.10 bits per heavy atom. The molecule has 29 heavy (non-hydrogen) atoms. The molecule has 1 heterocycles. The predicted octanol–water partition coefficient (Wildman–Crippen LogP) is 3.55. The minimum absolute atomic E-state index is 0.401. The lowest BCUT2D eigenvalue weighted by atomic mass is 10.1. The fraction of sp³-hybridized carbons (Fsp3) is 0.458. The quantitative estimate of drug-likeness (QED) is 0.531. The van der Waals surface area contributed by atoms with Crippen molar-refractivity contribution in [1.29, 1.82) is 0 Å². The van der Waals surface area contributed by atoms with Gasteiger partial charge < -0.3 is 15.4 Å².